The molecule has 3 aromatic rings. The highest BCUT2D eigenvalue weighted by atomic mass is 79.9. The van der Waals surface area contributed by atoms with Crippen LogP contribution in [0.25, 0.3) is 22.2 Å². The Morgan fingerprint density at radius 2 is 1.85 bits per heavy atom. The molecule has 0 amide bonds. The van der Waals surface area contributed by atoms with Gasteiger partial charge in [0, 0.05) is 27.2 Å². The molecule has 0 bridgehead atoms. The summed E-state index contributed by atoms with van der Waals surface area (Å²) in [6.07, 6.45) is 3.16. The first kappa shape index (κ1) is 19.8. The van der Waals surface area contributed by atoms with E-state index in [0.29, 0.717) is 20.6 Å². The molecule has 0 N–H and O–H groups in total. The molecule has 0 fully saturated rings. The predicted molar refractivity (Wildman–Crippen MR) is 97.9 cm³/mol. The van der Waals surface area contributed by atoms with Gasteiger partial charge < -0.3 is 4.18 Å². The number of alkyl halides is 3. The smallest absolute Gasteiger partial charge is 0.354 e. The average molecular weight is 480 g/mol. The molecule has 1 aromatic carbocycles. The van der Waals surface area contributed by atoms with Crippen molar-refractivity contribution in [1.29, 1.82) is 0 Å². The van der Waals surface area contributed by atoms with Crippen molar-refractivity contribution >= 4 is 48.8 Å². The number of fused-ring (bicyclic) bond motifs is 1. The topological polar surface area (TPSA) is 82.0 Å². The van der Waals surface area contributed by atoms with Crippen LogP contribution in [0.4, 0.5) is 13.2 Å². The monoisotopic (exact) mass is 479 g/mol. The number of aromatic nitrogens is 3. The van der Waals surface area contributed by atoms with Crippen LogP contribution in [0, 0.1) is 0 Å². The van der Waals surface area contributed by atoms with Crippen LogP contribution >= 0.6 is 27.7 Å². The van der Waals surface area contributed by atoms with Crippen LogP contribution in [-0.4, -0.2) is 35.1 Å². The fraction of sp³-hybridized carbons (Fsp3) is 0.133. The second-order valence-electron chi connectivity index (χ2n) is 5.07. The Bertz CT molecular complexity index is 1120. The van der Waals surface area contributed by atoms with Crippen molar-refractivity contribution in [2.24, 2.45) is 0 Å². The van der Waals surface area contributed by atoms with Crippen molar-refractivity contribution in [1.82, 2.24) is 15.0 Å². The first-order valence-corrected chi connectivity index (χ1v) is 10.5. The minimum atomic E-state index is -5.90. The zero-order valence-electron chi connectivity index (χ0n) is 13.4. The molecular weight excluding hydrogens is 471 g/mol. The summed E-state index contributed by atoms with van der Waals surface area (Å²) in [7, 11) is -5.90. The molecule has 2 heterocycles. The molecule has 142 valence electrons. The number of nitrogens with zero attached hydrogens (tertiary/aromatic N) is 3. The summed E-state index contributed by atoms with van der Waals surface area (Å²) in [5.41, 5.74) is -5.14. The fourth-order valence-electron chi connectivity index (χ4n) is 2.12. The van der Waals surface area contributed by atoms with Gasteiger partial charge in [-0.25, -0.2) is 9.97 Å². The standard InChI is InChI=1S/C15H9BrF3N3O3S2/c1-26-14-20-7-8-6-10(9-4-2-3-5-11(9)16)13(21-12(8)22-14)25-27(23,24)15(17,18)19/h2-7H,1H3. The highest BCUT2D eigenvalue weighted by molar-refractivity contribution is 9.10. The number of rotatable bonds is 4. The van der Waals surface area contributed by atoms with Gasteiger partial charge in [-0.2, -0.15) is 26.6 Å². The molecule has 27 heavy (non-hydrogen) atoms. The molecule has 0 aliphatic carbocycles. The normalized spacial score (nSPS) is 12.3. The molecule has 0 aliphatic heterocycles. The third kappa shape index (κ3) is 4.01. The van der Waals surface area contributed by atoms with Gasteiger partial charge in [-0.15, -0.1) is 0 Å². The lowest BCUT2D eigenvalue weighted by atomic mass is 10.1. The van der Waals surface area contributed by atoms with E-state index in [1.165, 1.54) is 24.0 Å². The number of thioether (sulfide) groups is 1. The van der Waals surface area contributed by atoms with Gasteiger partial charge in [-0.3, -0.25) is 0 Å². The average Bonchev–Trinajstić information content (AvgIpc) is 2.60. The molecule has 12 heteroatoms. The van der Waals surface area contributed by atoms with E-state index in [0.717, 1.165) is 0 Å². The number of benzene rings is 1. The summed E-state index contributed by atoms with van der Waals surface area (Å²) >= 11 is 4.48. The largest absolute Gasteiger partial charge is 0.534 e. The van der Waals surface area contributed by atoms with Crippen molar-refractivity contribution in [3.05, 3.63) is 41.0 Å². The van der Waals surface area contributed by atoms with Crippen LogP contribution in [0.5, 0.6) is 5.88 Å². The van der Waals surface area contributed by atoms with Crippen LogP contribution in [0.1, 0.15) is 0 Å². The number of pyridine rings is 1. The Hall–Kier alpha value is -1.92. The molecule has 0 atom stereocenters. The maximum atomic E-state index is 12.8. The summed E-state index contributed by atoms with van der Waals surface area (Å²) in [5, 5.41) is 0.739. The van der Waals surface area contributed by atoms with E-state index < -0.39 is 21.5 Å². The molecule has 0 saturated heterocycles. The van der Waals surface area contributed by atoms with Crippen LogP contribution < -0.4 is 4.18 Å². The van der Waals surface area contributed by atoms with Gasteiger partial charge >= 0.3 is 15.6 Å². The lowest BCUT2D eigenvalue weighted by Gasteiger charge is -2.14. The third-order valence-electron chi connectivity index (χ3n) is 3.33. The predicted octanol–water partition coefficient (Wildman–Crippen LogP) is 4.40. The molecule has 2 aromatic heterocycles. The van der Waals surface area contributed by atoms with Crippen molar-refractivity contribution in [2.75, 3.05) is 6.26 Å². The SMILES string of the molecule is CSc1ncc2cc(-c3ccccc3Br)c(OS(=O)(=O)C(F)(F)F)nc2n1. The second-order valence-corrected chi connectivity index (χ2v) is 8.24. The third-order valence-corrected chi connectivity index (χ3v) is 5.53. The summed E-state index contributed by atoms with van der Waals surface area (Å²) in [6.45, 7) is 0. The van der Waals surface area contributed by atoms with E-state index in [1.807, 2.05) is 0 Å². The van der Waals surface area contributed by atoms with E-state index in [9.17, 15) is 21.6 Å². The van der Waals surface area contributed by atoms with Gasteiger partial charge in [0.2, 0.25) is 5.88 Å². The van der Waals surface area contributed by atoms with Gasteiger partial charge in [0.1, 0.15) is 0 Å². The Labute approximate surface area is 164 Å². The molecule has 6 nitrogen and oxygen atoms in total. The molecule has 3 rings (SSSR count). The maximum Gasteiger partial charge on any atom is 0.534 e. The summed E-state index contributed by atoms with van der Waals surface area (Å²) in [4.78, 5) is 12.1. The van der Waals surface area contributed by atoms with E-state index in [2.05, 4.69) is 35.1 Å². The maximum absolute atomic E-state index is 12.8. The molecule has 0 saturated carbocycles. The van der Waals surface area contributed by atoms with Crippen LogP contribution in [0.3, 0.4) is 0 Å². The van der Waals surface area contributed by atoms with Crippen molar-refractivity contribution in [2.45, 2.75) is 10.7 Å². The number of hydrogen-bond donors (Lipinski definition) is 0. The van der Waals surface area contributed by atoms with Crippen molar-refractivity contribution < 1.29 is 25.8 Å². The van der Waals surface area contributed by atoms with Crippen LogP contribution in [0.2, 0.25) is 0 Å². The molecule has 0 spiro atoms. The minimum absolute atomic E-state index is 0.0116. The van der Waals surface area contributed by atoms with Gasteiger partial charge in [-0.1, -0.05) is 45.9 Å². The minimum Gasteiger partial charge on any atom is -0.354 e. The van der Waals surface area contributed by atoms with Crippen molar-refractivity contribution in [3.8, 4) is 17.0 Å². The highest BCUT2D eigenvalue weighted by Gasteiger charge is 2.49. The van der Waals surface area contributed by atoms with Gasteiger partial charge in [-0.05, 0) is 18.4 Å². The molecule has 0 aliphatic rings. The molecule has 0 unspecified atom stereocenters. The summed E-state index contributed by atoms with van der Waals surface area (Å²) < 4.78 is 66.2. The van der Waals surface area contributed by atoms with Gasteiger partial charge in [0.05, 0.1) is 0 Å². The van der Waals surface area contributed by atoms with Crippen LogP contribution in [-0.2, 0) is 10.1 Å². The Balaban J connectivity index is 2.27. The van der Waals surface area contributed by atoms with E-state index in [4.69, 9.17) is 0 Å². The number of halogens is 4. The second kappa shape index (κ2) is 7.24. The van der Waals surface area contributed by atoms with E-state index >= 15 is 0 Å². The fourth-order valence-corrected chi connectivity index (χ4v) is 3.38. The Kier molecular flexibility index (Phi) is 5.32. The number of hydrogen-bond acceptors (Lipinski definition) is 7. The van der Waals surface area contributed by atoms with Gasteiger partial charge in [0.25, 0.3) is 0 Å². The first-order valence-electron chi connectivity index (χ1n) is 7.10. The summed E-state index contributed by atoms with van der Waals surface area (Å²) in [6, 6.07) is 7.99. The Morgan fingerprint density at radius 3 is 2.48 bits per heavy atom. The quantitative estimate of drug-likeness (QED) is 0.237. The van der Waals surface area contributed by atoms with Crippen LogP contribution in [0.15, 0.2) is 46.2 Å². The summed E-state index contributed by atoms with van der Waals surface area (Å²) in [5.74, 6) is -0.725. The molecule has 0 radical (unpaired) electrons. The van der Waals surface area contributed by atoms with E-state index in [-0.39, 0.29) is 11.2 Å². The van der Waals surface area contributed by atoms with Crippen molar-refractivity contribution in [3.63, 3.8) is 0 Å². The highest BCUT2D eigenvalue weighted by Crippen LogP contribution is 2.38. The lowest BCUT2D eigenvalue weighted by Crippen LogP contribution is -2.28. The Morgan fingerprint density at radius 1 is 1.15 bits per heavy atom. The molecular formula is C15H9BrF3N3O3S2. The first-order chi connectivity index (χ1) is 12.6. The van der Waals surface area contributed by atoms with E-state index in [1.54, 1.807) is 30.5 Å². The zero-order chi connectivity index (χ0) is 19.8. The zero-order valence-corrected chi connectivity index (χ0v) is 16.6. The lowest BCUT2D eigenvalue weighted by molar-refractivity contribution is -0.0501. The van der Waals surface area contributed by atoms with Gasteiger partial charge in [0.15, 0.2) is 10.8 Å².